The van der Waals surface area contributed by atoms with Crippen LogP contribution in [0.2, 0.25) is 0 Å². The van der Waals surface area contributed by atoms with Gasteiger partial charge >= 0.3 is 0 Å². The molecule has 1 aromatic heterocycles. The SMILES string of the molecule is Cc1ccc(-c2[nH]nc3c2C2(C(=O)Nc4ccc([N+](=O)[O-])cc42)C(C#N)=C(N)O3)cc1. The molecule has 2 aromatic carbocycles. The summed E-state index contributed by atoms with van der Waals surface area (Å²) < 4.78 is 5.57. The Morgan fingerprint density at radius 3 is 2.68 bits per heavy atom. The van der Waals surface area contributed by atoms with Gasteiger partial charge in [-0.1, -0.05) is 29.8 Å². The van der Waals surface area contributed by atoms with Crippen LogP contribution in [0.4, 0.5) is 11.4 Å². The van der Waals surface area contributed by atoms with Crippen LogP contribution in [0.3, 0.4) is 0 Å². The second kappa shape index (κ2) is 6.17. The van der Waals surface area contributed by atoms with Crippen molar-refractivity contribution in [2.45, 2.75) is 12.3 Å². The highest BCUT2D eigenvalue weighted by atomic mass is 16.6. The number of hydrogen-bond acceptors (Lipinski definition) is 7. The number of carbonyl (C=O) groups excluding carboxylic acids is 1. The number of rotatable bonds is 2. The molecule has 4 N–H and O–H groups in total. The van der Waals surface area contributed by atoms with E-state index >= 15 is 0 Å². The first kappa shape index (κ1) is 18.4. The first-order valence-corrected chi connectivity index (χ1v) is 9.22. The highest BCUT2D eigenvalue weighted by Gasteiger charge is 2.59. The summed E-state index contributed by atoms with van der Waals surface area (Å²) in [6.45, 7) is 1.94. The number of ether oxygens (including phenoxy) is 1. The molecule has 10 heteroatoms. The number of nitrogens with two attached hydrogens (primary N) is 1. The Balaban J connectivity index is 1.89. The van der Waals surface area contributed by atoms with Gasteiger partial charge in [-0.05, 0) is 13.0 Å². The van der Waals surface area contributed by atoms with Crippen molar-refractivity contribution < 1.29 is 14.5 Å². The number of aromatic amines is 1. The third-order valence-corrected chi connectivity index (χ3v) is 5.59. The van der Waals surface area contributed by atoms with Crippen LogP contribution in [0.1, 0.15) is 16.7 Å². The van der Waals surface area contributed by atoms with Crippen LogP contribution in [0, 0.1) is 28.4 Å². The number of amides is 1. The molecule has 1 amide bonds. The van der Waals surface area contributed by atoms with Gasteiger partial charge in [0.2, 0.25) is 17.7 Å². The number of nitro groups is 1. The molecule has 0 aliphatic carbocycles. The summed E-state index contributed by atoms with van der Waals surface area (Å²) in [5.74, 6) is -0.824. The lowest BCUT2D eigenvalue weighted by molar-refractivity contribution is -0.384. The van der Waals surface area contributed by atoms with Crippen molar-refractivity contribution in [1.29, 1.82) is 5.26 Å². The second-order valence-electron chi connectivity index (χ2n) is 7.29. The first-order chi connectivity index (χ1) is 14.9. The number of non-ortho nitro benzene ring substituents is 1. The Morgan fingerprint density at radius 2 is 2.00 bits per heavy atom. The molecular formula is C21H14N6O4. The molecule has 0 fully saturated rings. The Labute approximate surface area is 175 Å². The first-order valence-electron chi connectivity index (χ1n) is 9.22. The van der Waals surface area contributed by atoms with Crippen LogP contribution in [0.5, 0.6) is 5.88 Å². The van der Waals surface area contributed by atoms with Gasteiger partial charge in [0.05, 0.1) is 16.2 Å². The van der Waals surface area contributed by atoms with Gasteiger partial charge in [0.1, 0.15) is 17.1 Å². The number of anilines is 1. The summed E-state index contributed by atoms with van der Waals surface area (Å²) in [4.78, 5) is 24.4. The Kier molecular flexibility index (Phi) is 3.66. The zero-order chi connectivity index (χ0) is 21.9. The zero-order valence-corrected chi connectivity index (χ0v) is 16.1. The van der Waals surface area contributed by atoms with Gasteiger partial charge in [-0.15, -0.1) is 5.10 Å². The van der Waals surface area contributed by atoms with E-state index in [0.29, 0.717) is 16.9 Å². The molecule has 0 bridgehead atoms. The van der Waals surface area contributed by atoms with Crippen molar-refractivity contribution in [2.24, 2.45) is 5.73 Å². The number of fused-ring (bicyclic) bond motifs is 4. The molecule has 2 aliphatic rings. The number of carbonyl (C=O) groups is 1. The van der Waals surface area contributed by atoms with Crippen molar-refractivity contribution in [3.05, 3.63) is 80.7 Å². The van der Waals surface area contributed by atoms with E-state index in [1.807, 2.05) is 37.3 Å². The molecule has 10 nitrogen and oxygen atoms in total. The Bertz CT molecular complexity index is 1370. The zero-order valence-electron chi connectivity index (χ0n) is 16.1. The molecule has 3 aromatic rings. The summed E-state index contributed by atoms with van der Waals surface area (Å²) in [7, 11) is 0. The number of nitro benzene ring substituents is 1. The van der Waals surface area contributed by atoms with E-state index in [4.69, 9.17) is 10.5 Å². The third kappa shape index (κ3) is 2.31. The predicted molar refractivity (Wildman–Crippen MR) is 109 cm³/mol. The molecule has 0 radical (unpaired) electrons. The normalized spacial score (nSPS) is 18.8. The molecule has 3 heterocycles. The van der Waals surface area contributed by atoms with E-state index in [-0.39, 0.29) is 34.2 Å². The van der Waals surface area contributed by atoms with Gasteiger partial charge in [0.25, 0.3) is 5.69 Å². The lowest BCUT2D eigenvalue weighted by atomic mass is 9.68. The van der Waals surface area contributed by atoms with Crippen molar-refractivity contribution in [1.82, 2.24) is 10.2 Å². The molecule has 2 aliphatic heterocycles. The van der Waals surface area contributed by atoms with Crippen LogP contribution in [0.25, 0.3) is 11.3 Å². The lowest BCUT2D eigenvalue weighted by Crippen LogP contribution is -2.42. The minimum atomic E-state index is -1.75. The molecule has 5 rings (SSSR count). The minimum absolute atomic E-state index is 0.0292. The molecule has 31 heavy (non-hydrogen) atoms. The summed E-state index contributed by atoms with van der Waals surface area (Å²) in [5.41, 5.74) is 6.92. The molecule has 152 valence electrons. The maximum absolute atomic E-state index is 13.5. The quantitative estimate of drug-likeness (QED) is 0.429. The van der Waals surface area contributed by atoms with E-state index in [9.17, 15) is 20.2 Å². The van der Waals surface area contributed by atoms with E-state index < -0.39 is 16.2 Å². The van der Waals surface area contributed by atoms with Gasteiger partial charge < -0.3 is 15.8 Å². The maximum Gasteiger partial charge on any atom is 0.269 e. The van der Waals surface area contributed by atoms with E-state index in [1.165, 1.54) is 18.2 Å². The summed E-state index contributed by atoms with van der Waals surface area (Å²) in [6.07, 6.45) is 0. The number of nitriles is 1. The highest BCUT2D eigenvalue weighted by molar-refractivity contribution is 6.13. The molecule has 0 saturated heterocycles. The van der Waals surface area contributed by atoms with Gasteiger partial charge in [0, 0.05) is 28.9 Å². The molecule has 1 atom stereocenters. The average Bonchev–Trinajstić information content (AvgIpc) is 3.28. The number of hydrogen-bond donors (Lipinski definition) is 3. The fourth-order valence-corrected chi connectivity index (χ4v) is 4.18. The average molecular weight is 414 g/mol. The van der Waals surface area contributed by atoms with Crippen molar-refractivity contribution in [3.63, 3.8) is 0 Å². The summed E-state index contributed by atoms with van der Waals surface area (Å²) in [6, 6.07) is 13.4. The number of aromatic nitrogens is 2. The maximum atomic E-state index is 13.5. The van der Waals surface area contributed by atoms with Crippen molar-refractivity contribution >= 4 is 17.3 Å². The number of aryl methyl sites for hydroxylation is 1. The van der Waals surface area contributed by atoms with Crippen molar-refractivity contribution in [3.8, 4) is 23.2 Å². The second-order valence-corrected chi connectivity index (χ2v) is 7.29. The van der Waals surface area contributed by atoms with Crippen molar-refractivity contribution in [2.75, 3.05) is 5.32 Å². The predicted octanol–water partition coefficient (Wildman–Crippen LogP) is 2.62. The number of nitrogens with one attached hydrogen (secondary N) is 2. The fraction of sp³-hybridized carbons (Fsp3) is 0.0952. The van der Waals surface area contributed by atoms with E-state index in [1.54, 1.807) is 0 Å². The topological polar surface area (TPSA) is 160 Å². The van der Waals surface area contributed by atoms with Crippen LogP contribution in [0.15, 0.2) is 53.9 Å². The summed E-state index contributed by atoms with van der Waals surface area (Å²) >= 11 is 0. The lowest BCUT2D eigenvalue weighted by Gasteiger charge is -2.31. The number of H-pyrrole nitrogens is 1. The minimum Gasteiger partial charge on any atom is -0.420 e. The monoisotopic (exact) mass is 414 g/mol. The van der Waals surface area contributed by atoms with Crippen LogP contribution in [-0.2, 0) is 10.2 Å². The summed E-state index contributed by atoms with van der Waals surface area (Å²) in [5, 5.41) is 31.2. The van der Waals surface area contributed by atoms with Gasteiger partial charge in [-0.2, -0.15) is 5.26 Å². The van der Waals surface area contributed by atoms with Crippen LogP contribution in [-0.4, -0.2) is 21.0 Å². The van der Waals surface area contributed by atoms with Gasteiger partial charge in [-0.25, -0.2) is 0 Å². The van der Waals surface area contributed by atoms with E-state index in [0.717, 1.165) is 5.56 Å². The van der Waals surface area contributed by atoms with Gasteiger partial charge in [-0.3, -0.25) is 20.0 Å². The smallest absolute Gasteiger partial charge is 0.269 e. The van der Waals surface area contributed by atoms with Crippen LogP contribution < -0.4 is 15.8 Å². The molecule has 0 saturated carbocycles. The van der Waals surface area contributed by atoms with Crippen LogP contribution >= 0.6 is 0 Å². The Hall–Kier alpha value is -4.65. The Morgan fingerprint density at radius 1 is 1.26 bits per heavy atom. The fourth-order valence-electron chi connectivity index (χ4n) is 4.18. The highest BCUT2D eigenvalue weighted by Crippen LogP contribution is 2.55. The number of nitrogens with zero attached hydrogens (tertiary/aromatic N) is 3. The third-order valence-electron chi connectivity index (χ3n) is 5.59. The van der Waals surface area contributed by atoms with Gasteiger partial charge in [0.15, 0.2) is 0 Å². The standard InChI is InChI=1S/C21H14N6O4/c1-10-2-4-11(5-3-10)17-16-19(26-25-17)31-18(23)14(9-22)21(16)13-8-12(27(29)30)6-7-15(13)24-20(21)28/h2-8H,23H2,1H3,(H,24,28)(H,25,26). The molecule has 1 spiro atoms. The molecule has 1 unspecified atom stereocenters. The largest absolute Gasteiger partial charge is 0.420 e. The number of benzene rings is 2. The molecular weight excluding hydrogens is 400 g/mol. The van der Waals surface area contributed by atoms with E-state index in [2.05, 4.69) is 15.5 Å².